The molecule has 1 fully saturated rings. The van der Waals surface area contributed by atoms with E-state index in [1.54, 1.807) is 0 Å². The number of aryl methyl sites for hydroxylation is 1. The second kappa shape index (κ2) is 11.4. The molecule has 1 aliphatic rings. The van der Waals surface area contributed by atoms with E-state index in [9.17, 15) is 0 Å². The highest BCUT2D eigenvalue weighted by Crippen LogP contribution is 2.21. The lowest BCUT2D eigenvalue weighted by Gasteiger charge is -2.37. The van der Waals surface area contributed by atoms with Crippen LogP contribution in [0.25, 0.3) is 0 Å². The van der Waals surface area contributed by atoms with Crippen LogP contribution in [0.15, 0.2) is 41.7 Å². The molecule has 2 atom stereocenters. The predicted molar refractivity (Wildman–Crippen MR) is 125 cm³/mol. The molecule has 1 aromatic heterocycles. The molecule has 0 radical (unpaired) electrons. The molecule has 1 saturated heterocycles. The van der Waals surface area contributed by atoms with Crippen molar-refractivity contribution in [1.29, 1.82) is 0 Å². The Hall–Kier alpha value is -1.64. The Kier molecular flexibility index (Phi) is 9.21. The van der Waals surface area contributed by atoms with Gasteiger partial charge in [0.2, 0.25) is 0 Å². The summed E-state index contributed by atoms with van der Waals surface area (Å²) in [6.45, 7) is 11.3. The molecule has 154 valence electrons. The van der Waals surface area contributed by atoms with E-state index in [1.165, 1.54) is 12.0 Å². The number of rotatable bonds is 6. The summed E-state index contributed by atoms with van der Waals surface area (Å²) in [6, 6.07) is 10.5. The monoisotopic (exact) mass is 496 g/mol. The highest BCUT2D eigenvalue weighted by molar-refractivity contribution is 14.0. The topological polar surface area (TPSA) is 58.3 Å². The van der Waals surface area contributed by atoms with E-state index >= 15 is 0 Å². The van der Waals surface area contributed by atoms with Crippen molar-refractivity contribution in [1.82, 2.24) is 25.0 Å². The van der Waals surface area contributed by atoms with Gasteiger partial charge in [-0.3, -0.25) is 0 Å². The van der Waals surface area contributed by atoms with Gasteiger partial charge in [-0.25, -0.2) is 4.99 Å². The van der Waals surface area contributed by atoms with Crippen molar-refractivity contribution in [3.8, 4) is 0 Å². The first-order valence-corrected chi connectivity index (χ1v) is 10.1. The van der Waals surface area contributed by atoms with Crippen molar-refractivity contribution < 1.29 is 0 Å². The number of piperidine rings is 1. The fourth-order valence-electron chi connectivity index (χ4n) is 3.88. The zero-order valence-electron chi connectivity index (χ0n) is 17.2. The Morgan fingerprint density at radius 1 is 1.18 bits per heavy atom. The van der Waals surface area contributed by atoms with Gasteiger partial charge in [-0.1, -0.05) is 51.1 Å². The SMILES string of the molecule is CCc1nncn1CCNC(=NCc1ccccc1)N1CC(C)CC(C)C1.I. The first-order chi connectivity index (χ1) is 13.2. The lowest BCUT2D eigenvalue weighted by molar-refractivity contribution is 0.208. The number of likely N-dealkylation sites (tertiary alicyclic amines) is 1. The molecule has 0 aliphatic carbocycles. The number of benzene rings is 1. The Labute approximate surface area is 185 Å². The molecular weight excluding hydrogens is 463 g/mol. The Bertz CT molecular complexity index is 720. The molecule has 2 unspecified atom stereocenters. The van der Waals surface area contributed by atoms with Gasteiger partial charge in [-0.05, 0) is 23.8 Å². The van der Waals surface area contributed by atoms with Gasteiger partial charge in [-0.2, -0.15) is 0 Å². The van der Waals surface area contributed by atoms with E-state index in [0.29, 0.717) is 18.4 Å². The summed E-state index contributed by atoms with van der Waals surface area (Å²) in [7, 11) is 0. The second-order valence-corrected chi connectivity index (χ2v) is 7.70. The fraction of sp³-hybridized carbons (Fsp3) is 0.571. The minimum atomic E-state index is 0. The number of hydrogen-bond acceptors (Lipinski definition) is 3. The molecule has 2 aromatic rings. The van der Waals surface area contributed by atoms with Crippen molar-refractivity contribution in [2.24, 2.45) is 16.8 Å². The largest absolute Gasteiger partial charge is 0.354 e. The Morgan fingerprint density at radius 2 is 1.89 bits per heavy atom. The second-order valence-electron chi connectivity index (χ2n) is 7.70. The number of hydrogen-bond donors (Lipinski definition) is 1. The number of nitrogens with zero attached hydrogens (tertiary/aromatic N) is 5. The van der Waals surface area contributed by atoms with E-state index in [1.807, 2.05) is 12.4 Å². The molecule has 6 nitrogen and oxygen atoms in total. The lowest BCUT2D eigenvalue weighted by atomic mass is 9.92. The van der Waals surface area contributed by atoms with Crippen LogP contribution in [-0.4, -0.2) is 45.3 Å². The summed E-state index contributed by atoms with van der Waals surface area (Å²) in [5.41, 5.74) is 1.24. The summed E-state index contributed by atoms with van der Waals surface area (Å²) in [5.74, 6) is 3.44. The van der Waals surface area contributed by atoms with Crippen molar-refractivity contribution >= 4 is 29.9 Å². The molecule has 2 heterocycles. The molecule has 0 amide bonds. The molecule has 7 heteroatoms. The lowest BCUT2D eigenvalue weighted by Crippen LogP contribution is -2.49. The summed E-state index contributed by atoms with van der Waals surface area (Å²) in [5, 5.41) is 11.8. The van der Waals surface area contributed by atoms with Crippen LogP contribution in [0.2, 0.25) is 0 Å². The molecular formula is C21H33IN6. The van der Waals surface area contributed by atoms with E-state index in [4.69, 9.17) is 4.99 Å². The number of guanidine groups is 1. The van der Waals surface area contributed by atoms with Gasteiger partial charge in [0.1, 0.15) is 12.2 Å². The number of nitrogens with one attached hydrogen (secondary N) is 1. The third-order valence-corrected chi connectivity index (χ3v) is 5.07. The summed E-state index contributed by atoms with van der Waals surface area (Å²) >= 11 is 0. The average Bonchev–Trinajstić information content (AvgIpc) is 3.12. The third-order valence-electron chi connectivity index (χ3n) is 5.07. The van der Waals surface area contributed by atoms with Gasteiger partial charge in [0.15, 0.2) is 5.96 Å². The maximum absolute atomic E-state index is 4.94. The summed E-state index contributed by atoms with van der Waals surface area (Å²) in [6.07, 6.45) is 4.01. The Balaban J connectivity index is 0.00000280. The van der Waals surface area contributed by atoms with Crippen LogP contribution in [0.5, 0.6) is 0 Å². The summed E-state index contributed by atoms with van der Waals surface area (Å²) in [4.78, 5) is 7.36. The van der Waals surface area contributed by atoms with Crippen molar-refractivity contribution in [3.05, 3.63) is 48.0 Å². The van der Waals surface area contributed by atoms with Gasteiger partial charge in [0.25, 0.3) is 0 Å². The van der Waals surface area contributed by atoms with Gasteiger partial charge in [0.05, 0.1) is 6.54 Å². The van der Waals surface area contributed by atoms with E-state index in [-0.39, 0.29) is 24.0 Å². The number of aromatic nitrogens is 3. The molecule has 0 bridgehead atoms. The summed E-state index contributed by atoms with van der Waals surface area (Å²) < 4.78 is 2.11. The van der Waals surface area contributed by atoms with Crippen LogP contribution in [0.3, 0.4) is 0 Å². The number of halogens is 1. The smallest absolute Gasteiger partial charge is 0.194 e. The zero-order chi connectivity index (χ0) is 19.1. The van der Waals surface area contributed by atoms with Crippen molar-refractivity contribution in [2.75, 3.05) is 19.6 Å². The number of aliphatic imine (C=N–C) groups is 1. The van der Waals surface area contributed by atoms with Gasteiger partial charge < -0.3 is 14.8 Å². The van der Waals surface area contributed by atoms with Crippen LogP contribution in [0.1, 0.15) is 38.6 Å². The first kappa shape index (κ1) is 22.6. The van der Waals surface area contributed by atoms with Crippen LogP contribution >= 0.6 is 24.0 Å². The fourth-order valence-corrected chi connectivity index (χ4v) is 3.88. The highest BCUT2D eigenvalue weighted by Gasteiger charge is 2.24. The highest BCUT2D eigenvalue weighted by atomic mass is 127. The normalized spacial score (nSPS) is 20.0. The van der Waals surface area contributed by atoms with Gasteiger partial charge >= 0.3 is 0 Å². The van der Waals surface area contributed by atoms with Gasteiger partial charge in [0, 0.05) is 32.6 Å². The molecule has 28 heavy (non-hydrogen) atoms. The minimum absolute atomic E-state index is 0. The molecule has 1 aliphatic heterocycles. The van der Waals surface area contributed by atoms with Crippen LogP contribution in [-0.2, 0) is 19.5 Å². The Morgan fingerprint density at radius 3 is 2.57 bits per heavy atom. The first-order valence-electron chi connectivity index (χ1n) is 10.1. The van der Waals surface area contributed by atoms with Crippen LogP contribution in [0.4, 0.5) is 0 Å². The maximum Gasteiger partial charge on any atom is 0.194 e. The third kappa shape index (κ3) is 6.46. The van der Waals surface area contributed by atoms with E-state index in [0.717, 1.165) is 44.4 Å². The molecule has 0 saturated carbocycles. The van der Waals surface area contributed by atoms with Crippen molar-refractivity contribution in [3.63, 3.8) is 0 Å². The van der Waals surface area contributed by atoms with Crippen LogP contribution < -0.4 is 5.32 Å². The van der Waals surface area contributed by atoms with E-state index < -0.39 is 0 Å². The predicted octanol–water partition coefficient (Wildman–Crippen LogP) is 3.58. The van der Waals surface area contributed by atoms with Gasteiger partial charge in [-0.15, -0.1) is 34.2 Å². The molecule has 1 aromatic carbocycles. The quantitative estimate of drug-likeness (QED) is 0.378. The molecule has 0 spiro atoms. The molecule has 3 rings (SSSR count). The minimum Gasteiger partial charge on any atom is -0.354 e. The van der Waals surface area contributed by atoms with Crippen molar-refractivity contribution in [2.45, 2.75) is 46.7 Å². The standard InChI is InChI=1S/C21H32N6.HI/c1-4-20-25-24-16-26(20)11-10-22-21(23-13-19-8-6-5-7-9-19)27-14-17(2)12-18(3)15-27;/h5-9,16-18H,4,10-15H2,1-3H3,(H,22,23);1H. The average molecular weight is 496 g/mol. The molecule has 1 N–H and O–H groups in total. The maximum atomic E-state index is 4.94. The van der Waals surface area contributed by atoms with Crippen LogP contribution in [0, 0.1) is 11.8 Å². The zero-order valence-corrected chi connectivity index (χ0v) is 19.5. The van der Waals surface area contributed by atoms with E-state index in [2.05, 4.69) is 70.0 Å².